The molecule has 0 spiro atoms. The van der Waals surface area contributed by atoms with E-state index in [0.29, 0.717) is 22.8 Å². The summed E-state index contributed by atoms with van der Waals surface area (Å²) in [6.45, 7) is 3.19. The van der Waals surface area contributed by atoms with Crippen LogP contribution in [-0.2, 0) is 13.0 Å². The number of H-pyrrole nitrogens is 1. The van der Waals surface area contributed by atoms with E-state index in [-0.39, 0.29) is 29.8 Å². The van der Waals surface area contributed by atoms with E-state index in [2.05, 4.69) is 20.8 Å². The van der Waals surface area contributed by atoms with Gasteiger partial charge < -0.3 is 15.7 Å². The number of halogens is 2. The van der Waals surface area contributed by atoms with Gasteiger partial charge in [-0.2, -0.15) is 5.10 Å². The predicted molar refractivity (Wildman–Crippen MR) is 87.1 cm³/mol. The number of nitrogens with zero attached hydrogens (tertiary/aromatic N) is 1. The average molecular weight is 343 g/mol. The number of nitrogens with one attached hydrogen (secondary N) is 3. The lowest BCUT2D eigenvalue weighted by atomic mass is 10.1. The highest BCUT2D eigenvalue weighted by molar-refractivity contribution is 6.31. The SMILES string of the molecule is Cc1cc(Cl)cc(NC(=O)c2n[nH]c3c2CNCC3)c1O.Cl. The second kappa shape index (κ2) is 6.56. The van der Waals surface area contributed by atoms with Crippen molar-refractivity contribution in [2.24, 2.45) is 0 Å². The molecular weight excluding hydrogens is 327 g/mol. The minimum absolute atomic E-state index is 0. The number of fused-ring (bicyclic) bond motifs is 1. The second-order valence-electron chi connectivity index (χ2n) is 5.03. The van der Waals surface area contributed by atoms with Crippen LogP contribution in [0.4, 0.5) is 5.69 Å². The number of aryl methyl sites for hydroxylation is 1. The number of hydrogen-bond acceptors (Lipinski definition) is 4. The van der Waals surface area contributed by atoms with Crippen molar-refractivity contribution in [3.8, 4) is 5.75 Å². The second-order valence-corrected chi connectivity index (χ2v) is 5.47. The fraction of sp³-hybridized carbons (Fsp3) is 0.286. The third-order valence-corrected chi connectivity index (χ3v) is 3.75. The summed E-state index contributed by atoms with van der Waals surface area (Å²) in [4.78, 5) is 12.3. The van der Waals surface area contributed by atoms with Crippen LogP contribution in [-0.4, -0.2) is 27.8 Å². The maximum absolute atomic E-state index is 12.3. The normalized spacial score (nSPS) is 13.2. The van der Waals surface area contributed by atoms with E-state index in [1.54, 1.807) is 13.0 Å². The molecule has 8 heteroatoms. The smallest absolute Gasteiger partial charge is 0.276 e. The summed E-state index contributed by atoms with van der Waals surface area (Å²) in [6.07, 6.45) is 0.817. The predicted octanol–water partition coefficient (Wildman–Crippen LogP) is 2.40. The van der Waals surface area contributed by atoms with E-state index in [1.165, 1.54) is 6.07 Å². The Hall–Kier alpha value is -1.76. The average Bonchev–Trinajstić information content (AvgIpc) is 2.88. The maximum Gasteiger partial charge on any atom is 0.276 e. The molecule has 0 fully saturated rings. The Bertz CT molecular complexity index is 715. The zero-order valence-corrected chi connectivity index (χ0v) is 13.4. The van der Waals surface area contributed by atoms with Crippen LogP contribution in [0.15, 0.2) is 12.1 Å². The number of amides is 1. The first-order chi connectivity index (χ1) is 10.1. The first-order valence-corrected chi connectivity index (χ1v) is 7.01. The van der Waals surface area contributed by atoms with Gasteiger partial charge in [0.2, 0.25) is 0 Å². The van der Waals surface area contributed by atoms with Gasteiger partial charge in [0.1, 0.15) is 5.75 Å². The minimum Gasteiger partial charge on any atom is -0.505 e. The van der Waals surface area contributed by atoms with Crippen molar-refractivity contribution >= 4 is 35.6 Å². The van der Waals surface area contributed by atoms with Crippen LogP contribution in [0.25, 0.3) is 0 Å². The first kappa shape index (κ1) is 16.6. The van der Waals surface area contributed by atoms with Crippen molar-refractivity contribution < 1.29 is 9.90 Å². The van der Waals surface area contributed by atoms with Gasteiger partial charge in [0.15, 0.2) is 5.69 Å². The fourth-order valence-corrected chi connectivity index (χ4v) is 2.70. The highest BCUT2D eigenvalue weighted by Crippen LogP contribution is 2.31. The third-order valence-electron chi connectivity index (χ3n) is 3.53. The molecule has 1 aliphatic rings. The number of carbonyl (C=O) groups excluding carboxylic acids is 1. The van der Waals surface area contributed by atoms with Gasteiger partial charge in [-0.05, 0) is 24.6 Å². The minimum atomic E-state index is -0.367. The number of phenols is 1. The van der Waals surface area contributed by atoms with Crippen LogP contribution in [0.3, 0.4) is 0 Å². The van der Waals surface area contributed by atoms with Crippen LogP contribution >= 0.6 is 24.0 Å². The summed E-state index contributed by atoms with van der Waals surface area (Å²) in [7, 11) is 0. The van der Waals surface area contributed by atoms with E-state index >= 15 is 0 Å². The van der Waals surface area contributed by atoms with Gasteiger partial charge in [-0.25, -0.2) is 0 Å². The number of benzene rings is 1. The summed E-state index contributed by atoms with van der Waals surface area (Å²) in [6, 6.07) is 3.14. The zero-order chi connectivity index (χ0) is 15.0. The number of aromatic amines is 1. The summed E-state index contributed by atoms with van der Waals surface area (Å²) in [5.74, 6) is -0.358. The standard InChI is InChI=1S/C14H15ClN4O2.ClH/c1-7-4-8(15)5-11(13(7)20)17-14(21)12-9-6-16-3-2-10(9)18-19-12;/h4-5,16,20H,2-3,6H2,1H3,(H,17,21)(H,18,19);1H. The quantitative estimate of drug-likeness (QED) is 0.631. The summed E-state index contributed by atoms with van der Waals surface area (Å²) in [5.41, 5.74) is 3.07. The first-order valence-electron chi connectivity index (χ1n) is 6.63. The highest BCUT2D eigenvalue weighted by atomic mass is 35.5. The van der Waals surface area contributed by atoms with Crippen molar-refractivity contribution in [2.45, 2.75) is 19.9 Å². The molecule has 4 N–H and O–H groups in total. The zero-order valence-electron chi connectivity index (χ0n) is 11.9. The Morgan fingerprint density at radius 3 is 3.00 bits per heavy atom. The Balaban J connectivity index is 0.00000176. The molecule has 0 aliphatic carbocycles. The van der Waals surface area contributed by atoms with E-state index in [0.717, 1.165) is 24.2 Å². The molecule has 1 amide bonds. The lowest BCUT2D eigenvalue weighted by Gasteiger charge is -2.13. The van der Waals surface area contributed by atoms with E-state index < -0.39 is 0 Å². The molecule has 2 aromatic rings. The van der Waals surface area contributed by atoms with Crippen molar-refractivity contribution in [2.75, 3.05) is 11.9 Å². The number of rotatable bonds is 2. The van der Waals surface area contributed by atoms with Gasteiger partial charge in [0.25, 0.3) is 5.91 Å². The molecule has 0 radical (unpaired) electrons. The Labute approximate surface area is 138 Å². The molecule has 3 rings (SSSR count). The van der Waals surface area contributed by atoms with Gasteiger partial charge in [-0.3, -0.25) is 9.89 Å². The Morgan fingerprint density at radius 1 is 1.45 bits per heavy atom. The van der Waals surface area contributed by atoms with Gasteiger partial charge >= 0.3 is 0 Å². The largest absolute Gasteiger partial charge is 0.505 e. The summed E-state index contributed by atoms with van der Waals surface area (Å²) < 4.78 is 0. The van der Waals surface area contributed by atoms with Crippen molar-refractivity contribution in [1.29, 1.82) is 0 Å². The van der Waals surface area contributed by atoms with Gasteiger partial charge in [-0.15, -0.1) is 12.4 Å². The molecular formula is C14H16Cl2N4O2. The van der Waals surface area contributed by atoms with Gasteiger partial charge in [0, 0.05) is 35.8 Å². The summed E-state index contributed by atoms with van der Waals surface area (Å²) >= 11 is 5.95. The Morgan fingerprint density at radius 2 is 2.23 bits per heavy atom. The maximum atomic E-state index is 12.3. The molecule has 6 nitrogen and oxygen atoms in total. The van der Waals surface area contributed by atoms with Crippen LogP contribution in [0, 0.1) is 6.92 Å². The van der Waals surface area contributed by atoms with Crippen molar-refractivity contribution in [3.63, 3.8) is 0 Å². The molecule has 118 valence electrons. The van der Waals surface area contributed by atoms with Crippen molar-refractivity contribution in [1.82, 2.24) is 15.5 Å². The number of carbonyl (C=O) groups is 1. The topological polar surface area (TPSA) is 90.0 Å². The number of hydrogen-bond donors (Lipinski definition) is 4. The fourth-order valence-electron chi connectivity index (χ4n) is 2.43. The van der Waals surface area contributed by atoms with E-state index in [4.69, 9.17) is 11.6 Å². The van der Waals surface area contributed by atoms with Crippen LogP contribution in [0.1, 0.15) is 27.3 Å². The molecule has 0 atom stereocenters. The molecule has 0 saturated heterocycles. The highest BCUT2D eigenvalue weighted by Gasteiger charge is 2.22. The van der Waals surface area contributed by atoms with E-state index in [9.17, 15) is 9.90 Å². The molecule has 1 aromatic heterocycles. The molecule has 2 heterocycles. The lowest BCUT2D eigenvalue weighted by Crippen LogP contribution is -2.25. The van der Waals surface area contributed by atoms with Gasteiger partial charge in [0.05, 0.1) is 5.69 Å². The number of phenolic OH excluding ortho intramolecular Hbond substituents is 1. The number of aromatic nitrogens is 2. The molecule has 0 unspecified atom stereocenters. The van der Waals surface area contributed by atoms with Crippen LogP contribution < -0.4 is 10.6 Å². The van der Waals surface area contributed by atoms with E-state index in [1.807, 2.05) is 0 Å². The monoisotopic (exact) mass is 342 g/mol. The molecule has 0 saturated carbocycles. The third kappa shape index (κ3) is 3.04. The molecule has 0 bridgehead atoms. The van der Waals surface area contributed by atoms with Crippen molar-refractivity contribution in [3.05, 3.63) is 39.7 Å². The number of anilines is 1. The van der Waals surface area contributed by atoms with Crippen LogP contribution in [0.5, 0.6) is 5.75 Å². The Kier molecular flexibility index (Phi) is 4.95. The lowest BCUT2D eigenvalue weighted by molar-refractivity contribution is 0.102. The molecule has 22 heavy (non-hydrogen) atoms. The summed E-state index contributed by atoms with van der Waals surface area (Å²) in [5, 5.41) is 23.3. The molecule has 1 aliphatic heterocycles. The van der Waals surface area contributed by atoms with Crippen LogP contribution in [0.2, 0.25) is 5.02 Å². The number of aromatic hydroxyl groups is 1. The molecule has 1 aromatic carbocycles. The van der Waals surface area contributed by atoms with Gasteiger partial charge in [-0.1, -0.05) is 11.6 Å².